The van der Waals surface area contributed by atoms with E-state index in [-0.39, 0.29) is 10.7 Å². The summed E-state index contributed by atoms with van der Waals surface area (Å²) in [5, 5.41) is 9.98. The number of aliphatic hydroxyl groups excluding tert-OH is 1. The zero-order valence-electron chi connectivity index (χ0n) is 15.5. The van der Waals surface area contributed by atoms with Crippen molar-refractivity contribution in [1.82, 2.24) is 9.62 Å². The first-order valence-electron chi connectivity index (χ1n) is 8.98. The molecule has 2 aromatic rings. The molecule has 7 nitrogen and oxygen atoms in total. The average Bonchev–Trinajstić information content (AvgIpc) is 2.72. The Bertz CT molecular complexity index is 946. The summed E-state index contributed by atoms with van der Waals surface area (Å²) >= 11 is 5.77. The molecule has 0 radical (unpaired) electrons. The number of nitrogens with one attached hydrogen (secondary N) is 1. The second-order valence-electron chi connectivity index (χ2n) is 6.60. The fraction of sp³-hybridized carbons (Fsp3) is 0.316. The number of halogens is 2. The van der Waals surface area contributed by atoms with E-state index >= 15 is 0 Å². The van der Waals surface area contributed by atoms with E-state index in [4.69, 9.17) is 11.6 Å². The predicted octanol–water partition coefficient (Wildman–Crippen LogP) is 1.47. The van der Waals surface area contributed by atoms with Gasteiger partial charge in [-0.15, -0.1) is 0 Å². The second kappa shape index (κ2) is 9.08. The van der Waals surface area contributed by atoms with E-state index < -0.39 is 28.6 Å². The van der Waals surface area contributed by atoms with Gasteiger partial charge < -0.3 is 14.9 Å². The monoisotopic (exact) mass is 441 g/mol. The van der Waals surface area contributed by atoms with Crippen molar-refractivity contribution >= 4 is 33.2 Å². The van der Waals surface area contributed by atoms with Gasteiger partial charge in [0, 0.05) is 36.9 Å². The molecule has 2 aromatic carbocycles. The van der Waals surface area contributed by atoms with Crippen LogP contribution in [0.1, 0.15) is 0 Å². The smallest absolute Gasteiger partial charge is 0.243 e. The highest BCUT2D eigenvalue weighted by molar-refractivity contribution is 7.89. The standard InChI is InChI=1S/C19H21ClFN3O4S/c20-14-1-7-17(8-2-14)29(27,28)22-18(13-25)19(26)24-11-9-23(10-12-24)16-5-3-15(21)4-6-16/h1-8,18,22,25H,9-13H2/t18-/m0/s1. The summed E-state index contributed by atoms with van der Waals surface area (Å²) < 4.78 is 40.3. The molecule has 1 aliphatic rings. The van der Waals surface area contributed by atoms with Crippen molar-refractivity contribution in [3.8, 4) is 0 Å². The Morgan fingerprint density at radius 2 is 1.66 bits per heavy atom. The van der Waals surface area contributed by atoms with Crippen molar-refractivity contribution in [2.24, 2.45) is 0 Å². The molecule has 0 aliphatic carbocycles. The Morgan fingerprint density at radius 1 is 1.07 bits per heavy atom. The summed E-state index contributed by atoms with van der Waals surface area (Å²) in [6.45, 7) is 1.08. The third-order valence-corrected chi connectivity index (χ3v) is 6.42. The first-order valence-corrected chi connectivity index (χ1v) is 10.8. The van der Waals surface area contributed by atoms with Crippen molar-refractivity contribution in [2.45, 2.75) is 10.9 Å². The van der Waals surface area contributed by atoms with Gasteiger partial charge in [0.15, 0.2) is 0 Å². The van der Waals surface area contributed by atoms with E-state index in [2.05, 4.69) is 4.72 Å². The molecule has 0 spiro atoms. The summed E-state index contributed by atoms with van der Waals surface area (Å²) in [5.74, 6) is -0.815. The van der Waals surface area contributed by atoms with Gasteiger partial charge >= 0.3 is 0 Å². The molecule has 1 saturated heterocycles. The van der Waals surface area contributed by atoms with E-state index in [9.17, 15) is 22.7 Å². The lowest BCUT2D eigenvalue weighted by atomic mass is 10.2. The van der Waals surface area contributed by atoms with Crippen LogP contribution in [0.3, 0.4) is 0 Å². The summed E-state index contributed by atoms with van der Waals surface area (Å²) in [6, 6.07) is 10.3. The number of hydrogen-bond donors (Lipinski definition) is 2. The third-order valence-electron chi connectivity index (χ3n) is 4.69. The first kappa shape index (κ1) is 21.5. The highest BCUT2D eigenvalue weighted by Crippen LogP contribution is 2.18. The minimum Gasteiger partial charge on any atom is -0.394 e. The van der Waals surface area contributed by atoms with Crippen LogP contribution in [0.5, 0.6) is 0 Å². The number of anilines is 1. The molecule has 29 heavy (non-hydrogen) atoms. The number of carbonyl (C=O) groups is 1. The molecule has 0 saturated carbocycles. The summed E-state index contributed by atoms with van der Waals surface area (Å²) in [4.78, 5) is 16.2. The van der Waals surface area contributed by atoms with Gasteiger partial charge in [0.2, 0.25) is 15.9 Å². The zero-order chi connectivity index (χ0) is 21.0. The minimum absolute atomic E-state index is 0.0470. The van der Waals surface area contributed by atoms with Crippen LogP contribution in [-0.4, -0.2) is 63.2 Å². The largest absolute Gasteiger partial charge is 0.394 e. The Hall–Kier alpha value is -2.20. The number of amides is 1. The minimum atomic E-state index is -3.99. The molecule has 1 fully saturated rings. The van der Waals surface area contributed by atoms with Crippen molar-refractivity contribution in [3.63, 3.8) is 0 Å². The average molecular weight is 442 g/mol. The van der Waals surface area contributed by atoms with E-state index in [0.29, 0.717) is 31.2 Å². The number of piperazine rings is 1. The molecule has 3 rings (SSSR count). The molecular formula is C19H21ClFN3O4S. The van der Waals surface area contributed by atoms with Gasteiger partial charge in [-0.2, -0.15) is 4.72 Å². The molecule has 1 heterocycles. The molecule has 0 aromatic heterocycles. The number of hydrogen-bond acceptors (Lipinski definition) is 5. The molecule has 1 aliphatic heterocycles. The van der Waals surface area contributed by atoms with Crippen LogP contribution in [0.25, 0.3) is 0 Å². The third kappa shape index (κ3) is 5.24. The topological polar surface area (TPSA) is 89.9 Å². The SMILES string of the molecule is O=C([C@H](CO)NS(=O)(=O)c1ccc(Cl)cc1)N1CCN(c2ccc(F)cc2)CC1. The van der Waals surface area contributed by atoms with Gasteiger partial charge in [-0.1, -0.05) is 11.6 Å². The molecule has 1 amide bonds. The fourth-order valence-corrected chi connectivity index (χ4v) is 4.40. The maximum atomic E-state index is 13.1. The van der Waals surface area contributed by atoms with Crippen LogP contribution >= 0.6 is 11.6 Å². The van der Waals surface area contributed by atoms with Gasteiger partial charge in [0.1, 0.15) is 11.9 Å². The molecule has 2 N–H and O–H groups in total. The number of sulfonamides is 1. The molecule has 10 heteroatoms. The van der Waals surface area contributed by atoms with E-state index in [1.807, 2.05) is 4.90 Å². The van der Waals surface area contributed by atoms with Gasteiger partial charge in [-0.05, 0) is 48.5 Å². The normalized spacial score (nSPS) is 16.0. The van der Waals surface area contributed by atoms with E-state index in [1.54, 1.807) is 12.1 Å². The Labute approximate surface area is 173 Å². The molecule has 0 bridgehead atoms. The van der Waals surface area contributed by atoms with Crippen LogP contribution in [0.15, 0.2) is 53.4 Å². The number of rotatable bonds is 6. The van der Waals surface area contributed by atoms with Crippen molar-refractivity contribution in [1.29, 1.82) is 0 Å². The second-order valence-corrected chi connectivity index (χ2v) is 8.75. The number of benzene rings is 2. The Balaban J connectivity index is 1.62. The predicted molar refractivity (Wildman–Crippen MR) is 108 cm³/mol. The van der Waals surface area contributed by atoms with Gasteiger partial charge in [0.25, 0.3) is 0 Å². The number of carbonyl (C=O) groups excluding carboxylic acids is 1. The maximum Gasteiger partial charge on any atom is 0.243 e. The lowest BCUT2D eigenvalue weighted by molar-refractivity contribution is -0.134. The summed E-state index contributed by atoms with van der Waals surface area (Å²) in [6.07, 6.45) is 0. The highest BCUT2D eigenvalue weighted by Gasteiger charge is 2.30. The lowest BCUT2D eigenvalue weighted by Crippen LogP contribution is -2.56. The molecule has 0 unspecified atom stereocenters. The van der Waals surface area contributed by atoms with Crippen molar-refractivity contribution in [2.75, 3.05) is 37.7 Å². The summed E-state index contributed by atoms with van der Waals surface area (Å²) in [7, 11) is -3.99. The quantitative estimate of drug-likeness (QED) is 0.708. The van der Waals surface area contributed by atoms with Crippen LogP contribution in [0.4, 0.5) is 10.1 Å². The van der Waals surface area contributed by atoms with Crippen molar-refractivity contribution < 1.29 is 22.7 Å². The van der Waals surface area contributed by atoms with Gasteiger partial charge in [0.05, 0.1) is 11.5 Å². The fourth-order valence-electron chi connectivity index (χ4n) is 3.09. The van der Waals surface area contributed by atoms with Gasteiger partial charge in [-0.3, -0.25) is 4.79 Å². The van der Waals surface area contributed by atoms with Crippen LogP contribution < -0.4 is 9.62 Å². The van der Waals surface area contributed by atoms with Gasteiger partial charge in [-0.25, -0.2) is 12.8 Å². The lowest BCUT2D eigenvalue weighted by Gasteiger charge is -2.37. The van der Waals surface area contributed by atoms with E-state index in [0.717, 1.165) is 5.69 Å². The highest BCUT2D eigenvalue weighted by atomic mass is 35.5. The molecule has 1 atom stereocenters. The molecular weight excluding hydrogens is 421 g/mol. The van der Waals surface area contributed by atoms with Crippen molar-refractivity contribution in [3.05, 3.63) is 59.4 Å². The molecule has 156 valence electrons. The maximum absolute atomic E-state index is 13.1. The number of nitrogens with zero attached hydrogens (tertiary/aromatic N) is 2. The zero-order valence-corrected chi connectivity index (χ0v) is 17.0. The Kier molecular flexibility index (Phi) is 6.74. The van der Waals surface area contributed by atoms with Crippen LogP contribution in [-0.2, 0) is 14.8 Å². The number of aliphatic hydroxyl groups is 1. The van der Waals surface area contributed by atoms with Crippen LogP contribution in [0.2, 0.25) is 5.02 Å². The summed E-state index contributed by atoms with van der Waals surface area (Å²) in [5.41, 5.74) is 0.848. The van der Waals surface area contributed by atoms with Crippen LogP contribution in [0, 0.1) is 5.82 Å². The first-order chi connectivity index (χ1) is 13.8. The van der Waals surface area contributed by atoms with E-state index in [1.165, 1.54) is 41.3 Å². The Morgan fingerprint density at radius 3 is 2.21 bits per heavy atom.